The second-order valence-corrected chi connectivity index (χ2v) is 12.7. The molecule has 2 saturated carbocycles. The molecule has 2 aromatic carbocycles. The maximum Gasteiger partial charge on any atom is 0.279 e. The summed E-state index contributed by atoms with van der Waals surface area (Å²) in [6.45, 7) is 3.23. The fourth-order valence-corrected chi connectivity index (χ4v) is 5.88. The van der Waals surface area contributed by atoms with Gasteiger partial charge >= 0.3 is 0 Å². The zero-order valence-electron chi connectivity index (χ0n) is 25.7. The van der Waals surface area contributed by atoms with Crippen molar-refractivity contribution in [1.29, 1.82) is 0 Å². The average molecular weight is 620 g/mol. The van der Waals surface area contributed by atoms with Gasteiger partial charge in [0.05, 0.1) is 19.1 Å². The first-order chi connectivity index (χ1) is 20.8. The lowest BCUT2D eigenvalue weighted by Crippen LogP contribution is -2.37. The molecule has 0 amide bonds. The Balaban J connectivity index is 0.000000190. The molecule has 0 unspecified atom stereocenters. The fraction of sp³-hybridized carbons (Fsp3) is 0.618. The van der Waals surface area contributed by atoms with E-state index in [9.17, 15) is 13.6 Å². The molecular formula is C34H51F2N3O3S. The van der Waals surface area contributed by atoms with Crippen LogP contribution in [0.3, 0.4) is 0 Å². The number of rotatable bonds is 9. The summed E-state index contributed by atoms with van der Waals surface area (Å²) in [5, 5.41) is 5.47. The Morgan fingerprint density at radius 3 is 1.95 bits per heavy atom. The number of hydrogen-bond donors (Lipinski definition) is 2. The van der Waals surface area contributed by atoms with E-state index in [-0.39, 0.29) is 18.0 Å². The number of halogens is 2. The predicted molar refractivity (Wildman–Crippen MR) is 172 cm³/mol. The number of benzene rings is 2. The minimum Gasteiger partial charge on any atom is -0.493 e. The van der Waals surface area contributed by atoms with Crippen molar-refractivity contribution in [3.05, 3.63) is 54.1 Å². The van der Waals surface area contributed by atoms with Gasteiger partial charge in [-0.15, -0.1) is 0 Å². The van der Waals surface area contributed by atoms with Crippen LogP contribution in [0.1, 0.15) is 89.0 Å². The van der Waals surface area contributed by atoms with Crippen molar-refractivity contribution in [2.75, 3.05) is 26.7 Å². The number of ether oxygens (including phenoxy) is 2. The molecule has 240 valence electrons. The molecule has 0 aromatic heterocycles. The van der Waals surface area contributed by atoms with Crippen molar-refractivity contribution in [3.8, 4) is 11.5 Å². The highest BCUT2D eigenvalue weighted by Crippen LogP contribution is 2.32. The standard InChI is InChI=1S/C15H18F2O2.C13H19NOS.C6H14N2/c16-15(17,10-11-18)12-6-8-14(9-7-12)19-13-4-2-1-3-5-13;14-16-13-8-6-12(7-9-13)15-10-11-4-2-1-3-5-11;1-8-4-2-6(7)3-5-8/h6-9,11,13H,1-5,10H2;6-9,11H,1-5,10,14H2;6H,2-5,7H2,1H3. The van der Waals surface area contributed by atoms with E-state index < -0.39 is 12.3 Å². The van der Waals surface area contributed by atoms with Crippen LogP contribution in [0.4, 0.5) is 8.78 Å². The molecule has 1 aliphatic heterocycles. The van der Waals surface area contributed by atoms with Gasteiger partial charge in [-0.05, 0) is 138 Å². The highest BCUT2D eigenvalue weighted by molar-refractivity contribution is 7.97. The predicted octanol–water partition coefficient (Wildman–Crippen LogP) is 7.73. The second kappa shape index (κ2) is 19.2. The van der Waals surface area contributed by atoms with E-state index in [2.05, 4.69) is 11.9 Å². The van der Waals surface area contributed by atoms with Crippen LogP contribution in [0.5, 0.6) is 11.5 Å². The molecule has 0 radical (unpaired) electrons. The third-order valence-electron chi connectivity index (χ3n) is 8.40. The van der Waals surface area contributed by atoms with E-state index in [1.165, 1.54) is 101 Å². The molecule has 3 aliphatic rings. The van der Waals surface area contributed by atoms with E-state index in [1.807, 2.05) is 24.3 Å². The first-order valence-corrected chi connectivity index (χ1v) is 16.8. The Bertz CT molecular complexity index is 1010. The molecule has 0 bridgehead atoms. The van der Waals surface area contributed by atoms with Crippen LogP contribution in [0.25, 0.3) is 0 Å². The minimum atomic E-state index is -3.09. The smallest absolute Gasteiger partial charge is 0.279 e. The number of likely N-dealkylation sites (tertiary alicyclic amines) is 1. The van der Waals surface area contributed by atoms with Gasteiger partial charge in [0.15, 0.2) is 0 Å². The number of aldehydes is 1. The van der Waals surface area contributed by atoms with E-state index in [0.717, 1.165) is 36.0 Å². The summed E-state index contributed by atoms with van der Waals surface area (Å²) in [4.78, 5) is 13.6. The van der Waals surface area contributed by atoms with E-state index in [1.54, 1.807) is 12.1 Å². The normalized spacial score (nSPS) is 18.9. The minimum absolute atomic E-state index is 0.143. The number of alkyl halides is 2. The van der Waals surface area contributed by atoms with Crippen molar-refractivity contribution < 1.29 is 23.0 Å². The summed E-state index contributed by atoms with van der Waals surface area (Å²) in [6.07, 6.45) is 14.5. The second-order valence-electron chi connectivity index (χ2n) is 12.0. The highest BCUT2D eigenvalue weighted by Gasteiger charge is 2.30. The number of carbonyl (C=O) groups is 1. The van der Waals surface area contributed by atoms with Gasteiger partial charge in [-0.2, -0.15) is 0 Å². The molecule has 1 heterocycles. The van der Waals surface area contributed by atoms with Crippen molar-refractivity contribution in [3.63, 3.8) is 0 Å². The van der Waals surface area contributed by atoms with Gasteiger partial charge in [-0.1, -0.05) is 25.7 Å². The Kier molecular flexibility index (Phi) is 15.8. The molecule has 6 nitrogen and oxygen atoms in total. The third-order valence-corrected chi connectivity index (χ3v) is 8.95. The van der Waals surface area contributed by atoms with Crippen LogP contribution in [0.15, 0.2) is 53.4 Å². The van der Waals surface area contributed by atoms with Crippen LogP contribution in [-0.2, 0) is 10.7 Å². The fourth-order valence-electron chi connectivity index (χ4n) is 5.59. The van der Waals surface area contributed by atoms with Gasteiger partial charge in [0.2, 0.25) is 0 Å². The van der Waals surface area contributed by atoms with Crippen molar-refractivity contribution >= 4 is 18.2 Å². The Morgan fingerprint density at radius 2 is 1.42 bits per heavy atom. The van der Waals surface area contributed by atoms with Crippen molar-refractivity contribution in [2.24, 2.45) is 16.8 Å². The average Bonchev–Trinajstić information content (AvgIpc) is 3.04. The SMILES string of the molecule is CN1CCC(N)CC1.NSc1ccc(OCC2CCCCC2)cc1.O=CCC(F)(F)c1ccc(OC2CCCCC2)cc1. The molecule has 0 atom stereocenters. The van der Waals surface area contributed by atoms with Gasteiger partial charge < -0.3 is 24.9 Å². The molecule has 43 heavy (non-hydrogen) atoms. The lowest BCUT2D eigenvalue weighted by Gasteiger charge is -2.25. The molecule has 3 fully saturated rings. The van der Waals surface area contributed by atoms with Crippen LogP contribution in [0, 0.1) is 5.92 Å². The van der Waals surface area contributed by atoms with Crippen molar-refractivity contribution in [2.45, 2.75) is 106 Å². The quantitative estimate of drug-likeness (QED) is 0.219. The number of nitrogens with zero attached hydrogens (tertiary/aromatic N) is 1. The van der Waals surface area contributed by atoms with Crippen LogP contribution < -0.4 is 20.3 Å². The molecule has 0 spiro atoms. The topological polar surface area (TPSA) is 90.8 Å². The van der Waals surface area contributed by atoms with Crippen LogP contribution in [-0.4, -0.2) is 50.1 Å². The maximum absolute atomic E-state index is 13.5. The summed E-state index contributed by atoms with van der Waals surface area (Å²) >= 11 is 1.27. The maximum atomic E-state index is 13.5. The first kappa shape index (κ1) is 35.3. The van der Waals surface area contributed by atoms with Crippen molar-refractivity contribution in [1.82, 2.24) is 4.90 Å². The lowest BCUT2D eigenvalue weighted by atomic mass is 9.90. The summed E-state index contributed by atoms with van der Waals surface area (Å²) < 4.78 is 38.5. The first-order valence-electron chi connectivity index (χ1n) is 15.9. The van der Waals surface area contributed by atoms with E-state index >= 15 is 0 Å². The molecule has 2 aromatic rings. The Morgan fingerprint density at radius 1 is 0.860 bits per heavy atom. The van der Waals surface area contributed by atoms with Gasteiger partial charge in [-0.3, -0.25) is 5.14 Å². The summed E-state index contributed by atoms with van der Waals surface area (Å²) in [5.74, 6) is -0.747. The number of nitrogens with two attached hydrogens (primary N) is 2. The van der Waals surface area contributed by atoms with Gasteiger partial charge in [0.25, 0.3) is 5.92 Å². The largest absolute Gasteiger partial charge is 0.493 e. The zero-order valence-corrected chi connectivity index (χ0v) is 26.5. The summed E-state index contributed by atoms with van der Waals surface area (Å²) in [6, 6.07) is 14.3. The Hall–Kier alpha value is -2.20. The molecule has 4 N–H and O–H groups in total. The van der Waals surface area contributed by atoms with E-state index in [4.69, 9.17) is 20.3 Å². The lowest BCUT2D eigenvalue weighted by molar-refractivity contribution is -0.115. The number of hydrogen-bond acceptors (Lipinski definition) is 7. The molecule has 9 heteroatoms. The van der Waals surface area contributed by atoms with Crippen LogP contribution in [0.2, 0.25) is 0 Å². The van der Waals surface area contributed by atoms with Gasteiger partial charge in [0, 0.05) is 16.5 Å². The third kappa shape index (κ3) is 13.5. The van der Waals surface area contributed by atoms with Gasteiger partial charge in [-0.25, -0.2) is 8.78 Å². The summed E-state index contributed by atoms with van der Waals surface area (Å²) in [7, 11) is 2.14. The monoisotopic (exact) mass is 619 g/mol. The molecule has 5 rings (SSSR count). The zero-order chi connectivity index (χ0) is 30.9. The number of carbonyl (C=O) groups excluding carboxylic acids is 1. The molecule has 2 aliphatic carbocycles. The van der Waals surface area contributed by atoms with E-state index in [0.29, 0.717) is 11.8 Å². The Labute approximate surface area is 261 Å². The molecule has 1 saturated heterocycles. The van der Waals surface area contributed by atoms with Crippen LogP contribution >= 0.6 is 11.9 Å². The van der Waals surface area contributed by atoms with Gasteiger partial charge in [0.1, 0.15) is 17.8 Å². The molecular weight excluding hydrogens is 568 g/mol. The number of piperidine rings is 1. The summed E-state index contributed by atoms with van der Waals surface area (Å²) in [5.41, 5.74) is 5.53. The highest BCUT2D eigenvalue weighted by atomic mass is 32.2.